The molecule has 90 valence electrons. The van der Waals surface area contributed by atoms with Crippen LogP contribution in [0.25, 0.3) is 0 Å². The van der Waals surface area contributed by atoms with Crippen LogP contribution >= 0.6 is 22.6 Å². The van der Waals surface area contributed by atoms with Gasteiger partial charge in [-0.2, -0.15) is 5.26 Å². The molecule has 18 heavy (non-hydrogen) atoms. The molecule has 0 amide bonds. The van der Waals surface area contributed by atoms with Crippen molar-refractivity contribution in [1.29, 1.82) is 5.26 Å². The van der Waals surface area contributed by atoms with Gasteiger partial charge in [0.1, 0.15) is 11.6 Å². The fourth-order valence-electron chi connectivity index (χ4n) is 1.53. The molecule has 0 aliphatic heterocycles. The topological polar surface area (TPSA) is 48.7 Å². The van der Waals surface area contributed by atoms with Crippen molar-refractivity contribution in [2.24, 2.45) is 0 Å². The van der Waals surface area contributed by atoms with Crippen molar-refractivity contribution in [2.45, 2.75) is 6.92 Å². The monoisotopic (exact) mass is 353 g/mol. The first kappa shape index (κ1) is 12.8. The van der Waals surface area contributed by atoms with E-state index in [0.717, 1.165) is 15.0 Å². The minimum absolute atomic E-state index is 0.278. The van der Waals surface area contributed by atoms with Crippen molar-refractivity contribution in [3.05, 3.63) is 51.0 Å². The molecule has 0 radical (unpaired) electrons. The Kier molecular flexibility index (Phi) is 3.77. The smallest absolute Gasteiger partial charge is 0.131 e. The van der Waals surface area contributed by atoms with E-state index in [2.05, 4.69) is 16.4 Å². The SMILES string of the molecule is Cc1cc(C#N)cc(Nc2ccc(F)cc2I)n1. The minimum atomic E-state index is -0.278. The number of pyridine rings is 1. The summed E-state index contributed by atoms with van der Waals surface area (Å²) in [6, 6.07) is 9.90. The highest BCUT2D eigenvalue weighted by Gasteiger charge is 2.04. The van der Waals surface area contributed by atoms with Gasteiger partial charge in [0.05, 0.1) is 17.3 Å². The summed E-state index contributed by atoms with van der Waals surface area (Å²) in [5.74, 6) is 0.302. The first-order valence-corrected chi connectivity index (χ1v) is 6.27. The Morgan fingerprint density at radius 1 is 1.33 bits per heavy atom. The molecule has 1 aromatic heterocycles. The van der Waals surface area contributed by atoms with Crippen LogP contribution in [0.2, 0.25) is 0 Å². The van der Waals surface area contributed by atoms with E-state index >= 15 is 0 Å². The molecule has 0 saturated carbocycles. The zero-order chi connectivity index (χ0) is 13.1. The number of hydrogen-bond acceptors (Lipinski definition) is 3. The molecule has 1 N–H and O–H groups in total. The van der Waals surface area contributed by atoms with Gasteiger partial charge < -0.3 is 5.32 Å². The normalized spacial score (nSPS) is 9.89. The summed E-state index contributed by atoms with van der Waals surface area (Å²) in [6.07, 6.45) is 0. The molecular weight excluding hydrogens is 344 g/mol. The van der Waals surface area contributed by atoms with Crippen LogP contribution in [0.1, 0.15) is 11.3 Å². The molecule has 1 heterocycles. The number of rotatable bonds is 2. The Balaban J connectivity index is 2.34. The highest BCUT2D eigenvalue weighted by Crippen LogP contribution is 2.23. The number of halogens is 2. The van der Waals surface area contributed by atoms with Gasteiger partial charge in [0.25, 0.3) is 0 Å². The van der Waals surface area contributed by atoms with Crippen LogP contribution in [0.5, 0.6) is 0 Å². The maximum absolute atomic E-state index is 13.0. The van der Waals surface area contributed by atoms with E-state index in [-0.39, 0.29) is 5.82 Å². The van der Waals surface area contributed by atoms with Gasteiger partial charge in [-0.15, -0.1) is 0 Å². The van der Waals surface area contributed by atoms with Gasteiger partial charge in [-0.3, -0.25) is 0 Å². The zero-order valence-electron chi connectivity index (χ0n) is 9.54. The molecule has 0 aliphatic rings. The lowest BCUT2D eigenvalue weighted by Crippen LogP contribution is -1.98. The Morgan fingerprint density at radius 2 is 2.11 bits per heavy atom. The first-order valence-electron chi connectivity index (χ1n) is 5.19. The molecule has 2 aromatic rings. The van der Waals surface area contributed by atoms with Crippen LogP contribution in [-0.2, 0) is 0 Å². The second-order valence-corrected chi connectivity index (χ2v) is 4.91. The van der Waals surface area contributed by atoms with E-state index < -0.39 is 0 Å². The number of nitriles is 1. The molecule has 0 unspecified atom stereocenters. The van der Waals surface area contributed by atoms with Crippen LogP contribution in [0, 0.1) is 27.6 Å². The molecular formula is C13H9FIN3. The van der Waals surface area contributed by atoms with Crippen molar-refractivity contribution >= 4 is 34.1 Å². The molecule has 0 spiro atoms. The van der Waals surface area contributed by atoms with Gasteiger partial charge in [0.15, 0.2) is 0 Å². The van der Waals surface area contributed by atoms with Gasteiger partial charge in [-0.05, 0) is 59.8 Å². The molecule has 0 aliphatic carbocycles. The third kappa shape index (κ3) is 2.96. The van der Waals surface area contributed by atoms with Crippen molar-refractivity contribution < 1.29 is 4.39 Å². The largest absolute Gasteiger partial charge is 0.339 e. The maximum Gasteiger partial charge on any atom is 0.131 e. The molecule has 5 heteroatoms. The first-order chi connectivity index (χ1) is 8.58. The van der Waals surface area contributed by atoms with Crippen LogP contribution in [0.3, 0.4) is 0 Å². The Labute approximate surface area is 118 Å². The highest BCUT2D eigenvalue weighted by molar-refractivity contribution is 14.1. The van der Waals surface area contributed by atoms with Crippen LogP contribution < -0.4 is 5.32 Å². The van der Waals surface area contributed by atoms with E-state index in [0.29, 0.717) is 11.4 Å². The average Bonchev–Trinajstić information content (AvgIpc) is 2.32. The predicted octanol–water partition coefficient (Wildman–Crippen LogP) is 3.75. The van der Waals surface area contributed by atoms with Crippen LogP contribution in [-0.4, -0.2) is 4.98 Å². The standard InChI is InChI=1S/C13H9FIN3/c1-8-4-9(7-16)5-13(17-8)18-12-3-2-10(14)6-11(12)15/h2-6H,1H3,(H,17,18). The predicted molar refractivity (Wildman–Crippen MR) is 76.1 cm³/mol. The summed E-state index contributed by atoms with van der Waals surface area (Å²) in [7, 11) is 0. The fraction of sp³-hybridized carbons (Fsp3) is 0.0769. The summed E-state index contributed by atoms with van der Waals surface area (Å²) >= 11 is 2.04. The number of anilines is 2. The van der Waals surface area contributed by atoms with Crippen molar-refractivity contribution in [3.8, 4) is 6.07 Å². The molecule has 1 aromatic carbocycles. The lowest BCUT2D eigenvalue weighted by molar-refractivity contribution is 0.627. The van der Waals surface area contributed by atoms with Gasteiger partial charge in [-0.25, -0.2) is 9.37 Å². The van der Waals surface area contributed by atoms with E-state index in [1.807, 2.05) is 29.5 Å². The third-order valence-corrected chi connectivity index (χ3v) is 3.17. The van der Waals surface area contributed by atoms with Gasteiger partial charge >= 0.3 is 0 Å². The number of nitrogens with one attached hydrogen (secondary N) is 1. The van der Waals surface area contributed by atoms with Crippen LogP contribution in [0.4, 0.5) is 15.9 Å². The summed E-state index contributed by atoms with van der Waals surface area (Å²) in [6.45, 7) is 1.82. The van der Waals surface area contributed by atoms with Gasteiger partial charge in [0, 0.05) is 9.26 Å². The second-order valence-electron chi connectivity index (χ2n) is 3.74. The number of nitrogens with zero attached hydrogens (tertiary/aromatic N) is 2. The van der Waals surface area contributed by atoms with Crippen molar-refractivity contribution in [3.63, 3.8) is 0 Å². The average molecular weight is 353 g/mol. The summed E-state index contributed by atoms with van der Waals surface area (Å²) in [5.41, 5.74) is 2.06. The Hall–Kier alpha value is -1.68. The summed E-state index contributed by atoms with van der Waals surface area (Å²) in [5, 5.41) is 12.0. The second kappa shape index (κ2) is 5.31. The highest BCUT2D eigenvalue weighted by atomic mass is 127. The molecule has 0 fully saturated rings. The number of benzene rings is 1. The van der Waals surface area contributed by atoms with E-state index in [4.69, 9.17) is 5.26 Å². The fourth-order valence-corrected chi connectivity index (χ4v) is 2.14. The molecule has 3 nitrogen and oxygen atoms in total. The van der Waals surface area contributed by atoms with Crippen molar-refractivity contribution in [2.75, 3.05) is 5.32 Å². The molecule has 0 atom stereocenters. The van der Waals surface area contributed by atoms with Gasteiger partial charge in [0.2, 0.25) is 0 Å². The quantitative estimate of drug-likeness (QED) is 0.837. The Bertz CT molecular complexity index is 635. The van der Waals surface area contributed by atoms with Crippen LogP contribution in [0.15, 0.2) is 30.3 Å². The summed E-state index contributed by atoms with van der Waals surface area (Å²) in [4.78, 5) is 4.28. The lowest BCUT2D eigenvalue weighted by Gasteiger charge is -2.08. The zero-order valence-corrected chi connectivity index (χ0v) is 11.7. The van der Waals surface area contributed by atoms with Gasteiger partial charge in [-0.1, -0.05) is 0 Å². The molecule has 0 saturated heterocycles. The van der Waals surface area contributed by atoms with E-state index in [1.54, 1.807) is 18.2 Å². The third-order valence-electron chi connectivity index (χ3n) is 2.28. The number of aryl methyl sites for hydroxylation is 1. The number of hydrogen-bond donors (Lipinski definition) is 1. The lowest BCUT2D eigenvalue weighted by atomic mass is 10.2. The Morgan fingerprint density at radius 3 is 2.78 bits per heavy atom. The maximum atomic E-state index is 13.0. The minimum Gasteiger partial charge on any atom is -0.339 e. The molecule has 2 rings (SSSR count). The summed E-state index contributed by atoms with van der Waals surface area (Å²) < 4.78 is 13.7. The van der Waals surface area contributed by atoms with E-state index in [1.165, 1.54) is 12.1 Å². The number of aromatic nitrogens is 1. The molecule has 0 bridgehead atoms. The van der Waals surface area contributed by atoms with Crippen molar-refractivity contribution in [1.82, 2.24) is 4.98 Å². The van der Waals surface area contributed by atoms with E-state index in [9.17, 15) is 4.39 Å².